The van der Waals surface area contributed by atoms with Gasteiger partial charge in [-0.1, -0.05) is 87.9 Å². The molecule has 0 spiro atoms. The van der Waals surface area contributed by atoms with Crippen molar-refractivity contribution < 1.29 is 60.9 Å². The van der Waals surface area contributed by atoms with Gasteiger partial charge in [0.05, 0.1) is 19.2 Å². The summed E-state index contributed by atoms with van der Waals surface area (Å²) in [7, 11) is -2.35. The number of unbranched alkanes of at least 4 members (excludes halogenated alkanes) is 1. The molecule has 0 radical (unpaired) electrons. The van der Waals surface area contributed by atoms with Gasteiger partial charge in [-0.05, 0) is 132 Å². The van der Waals surface area contributed by atoms with Crippen LogP contribution in [0.2, 0.25) is 0 Å². The number of likely N-dealkylation sites (N-methyl/N-ethyl adjacent to an activating group) is 1. The van der Waals surface area contributed by atoms with E-state index in [-0.39, 0.29) is 51.2 Å². The smallest absolute Gasteiger partial charge is 0.407 e. The van der Waals surface area contributed by atoms with Crippen molar-refractivity contribution in [1.29, 1.82) is 0 Å². The second-order valence-corrected chi connectivity index (χ2v) is 24.8. The Kier molecular flexibility index (Phi) is 23.0. The Labute approximate surface area is 472 Å². The number of aryl methyl sites for hydroxylation is 1. The molecule has 0 unspecified atom stereocenters. The van der Waals surface area contributed by atoms with Gasteiger partial charge in [-0.15, -0.1) is 0 Å². The first kappa shape index (κ1) is 63.7. The molecular formula is C62H82N4O13S. The van der Waals surface area contributed by atoms with E-state index in [1.807, 2.05) is 19.1 Å². The molecule has 434 valence electrons. The zero-order valence-corrected chi connectivity index (χ0v) is 49.3. The standard InChI is InChI=1S/C62H82N4O13S/c1-12-14-16-41-18-21-43(22-19-41)44-23-25-45(26-24-44)51(67)38-47(17-15-30-63-59(72)78-61(4,5)6)58(71)66(10)56-46-27-29-55(76-32-13-2)49(37-46)48-35-42(20-28-54(48)77-33-31-64-60(73)79-62(7,8)9)36-50(53(69)39-80(11,74)75)65-57(70)40(3)34-52(56)68/h18-29,35,37,40,47,50,56H,12-17,30-34,36,38-39H2,1-11H3,(H,63,72)(H,64,73)(H,65,70)/t40-,47-,50+,56+/m1/s1. The minimum Gasteiger partial charge on any atom is -0.493 e. The van der Waals surface area contributed by atoms with Gasteiger partial charge in [-0.2, -0.15) is 0 Å². The highest BCUT2D eigenvalue weighted by Gasteiger charge is 2.37. The highest BCUT2D eigenvalue weighted by molar-refractivity contribution is 7.91. The normalized spacial score (nSPS) is 16.3. The topological polar surface area (TPSA) is 230 Å². The molecular weight excluding hydrogens is 1040 g/mol. The first-order valence-electron chi connectivity index (χ1n) is 27.6. The van der Waals surface area contributed by atoms with Crippen molar-refractivity contribution in [2.75, 3.05) is 45.4 Å². The molecule has 0 fully saturated rings. The molecule has 0 saturated carbocycles. The van der Waals surface area contributed by atoms with Crippen LogP contribution < -0.4 is 25.4 Å². The van der Waals surface area contributed by atoms with E-state index in [2.05, 4.69) is 47.1 Å². The molecule has 0 aliphatic carbocycles. The fourth-order valence-electron chi connectivity index (χ4n) is 9.24. The highest BCUT2D eigenvalue weighted by atomic mass is 32.2. The summed E-state index contributed by atoms with van der Waals surface area (Å²) in [6.07, 6.45) is 3.08. The number of hydrogen-bond donors (Lipinski definition) is 3. The summed E-state index contributed by atoms with van der Waals surface area (Å²) in [5, 5.41) is 8.14. The van der Waals surface area contributed by atoms with Crippen LogP contribution in [0.15, 0.2) is 84.9 Å². The Hall–Kier alpha value is -7.08. The minimum atomic E-state index is -3.83. The summed E-state index contributed by atoms with van der Waals surface area (Å²) in [5.74, 6) is -5.06. The van der Waals surface area contributed by atoms with Crippen LogP contribution >= 0.6 is 0 Å². The summed E-state index contributed by atoms with van der Waals surface area (Å²) >= 11 is 0. The van der Waals surface area contributed by atoms with E-state index in [0.29, 0.717) is 52.3 Å². The zero-order valence-electron chi connectivity index (χ0n) is 48.5. The molecule has 1 aliphatic heterocycles. The van der Waals surface area contributed by atoms with E-state index in [4.69, 9.17) is 18.9 Å². The number of carbonyl (C=O) groups is 7. The fraction of sp³-hybridized carbons (Fsp3) is 0.500. The number of hydrogen-bond acceptors (Lipinski definition) is 13. The van der Waals surface area contributed by atoms with E-state index in [0.717, 1.165) is 36.6 Å². The lowest BCUT2D eigenvalue weighted by atomic mass is 9.88. The second-order valence-electron chi connectivity index (χ2n) is 22.7. The quantitative estimate of drug-likeness (QED) is 0.0464. The van der Waals surface area contributed by atoms with Crippen molar-refractivity contribution in [3.63, 3.8) is 0 Å². The lowest BCUT2D eigenvalue weighted by Gasteiger charge is -2.32. The first-order chi connectivity index (χ1) is 37.6. The van der Waals surface area contributed by atoms with Gasteiger partial charge in [0.2, 0.25) is 11.8 Å². The summed E-state index contributed by atoms with van der Waals surface area (Å²) in [5.41, 5.74) is 3.79. The Morgan fingerprint density at radius 1 is 0.725 bits per heavy atom. The van der Waals surface area contributed by atoms with Gasteiger partial charge in [0.15, 0.2) is 27.2 Å². The van der Waals surface area contributed by atoms with Crippen molar-refractivity contribution >= 4 is 51.2 Å². The predicted octanol–water partition coefficient (Wildman–Crippen LogP) is 10.00. The molecule has 4 bridgehead atoms. The Morgan fingerprint density at radius 3 is 1.89 bits per heavy atom. The van der Waals surface area contributed by atoms with E-state index in [1.165, 1.54) is 24.4 Å². The average molecular weight is 1120 g/mol. The molecule has 80 heavy (non-hydrogen) atoms. The van der Waals surface area contributed by atoms with Crippen LogP contribution in [0.25, 0.3) is 22.3 Å². The third-order valence-corrected chi connectivity index (χ3v) is 14.0. The molecule has 4 aromatic rings. The van der Waals surface area contributed by atoms with Gasteiger partial charge in [-0.25, -0.2) is 18.0 Å². The van der Waals surface area contributed by atoms with Crippen molar-refractivity contribution in [2.24, 2.45) is 11.8 Å². The molecule has 3 N–H and O–H groups in total. The van der Waals surface area contributed by atoms with Gasteiger partial charge >= 0.3 is 12.2 Å². The number of ketones is 3. The summed E-state index contributed by atoms with van der Waals surface area (Å²) < 4.78 is 48.4. The summed E-state index contributed by atoms with van der Waals surface area (Å²) in [6.45, 7) is 16.5. The van der Waals surface area contributed by atoms with E-state index < -0.39 is 92.7 Å². The van der Waals surface area contributed by atoms with E-state index >= 15 is 9.59 Å². The maximum absolute atomic E-state index is 15.3. The van der Waals surface area contributed by atoms with Crippen LogP contribution in [0.5, 0.6) is 11.5 Å². The Morgan fingerprint density at radius 2 is 1.30 bits per heavy atom. The molecule has 0 saturated heterocycles. The van der Waals surface area contributed by atoms with Crippen molar-refractivity contribution in [3.8, 4) is 33.8 Å². The maximum atomic E-state index is 15.3. The van der Waals surface area contributed by atoms with E-state index in [1.54, 1.807) is 90.1 Å². The molecule has 4 amide bonds. The molecule has 5 rings (SSSR count). The number of nitrogens with one attached hydrogen (secondary N) is 3. The number of ether oxygens (including phenoxy) is 4. The van der Waals surface area contributed by atoms with Crippen LogP contribution in [-0.2, 0) is 51.3 Å². The van der Waals surface area contributed by atoms with Gasteiger partial charge in [0, 0.05) is 61.2 Å². The number of alkyl carbamates (subject to hydrolysis) is 2. The highest BCUT2D eigenvalue weighted by Crippen LogP contribution is 2.41. The predicted molar refractivity (Wildman–Crippen MR) is 308 cm³/mol. The SMILES string of the molecule is CCCCc1ccc(-c2ccc(C(=O)C[C@@H](CCCNC(=O)OC(C)(C)C)C(=O)N(C)[C@@H]3C(=O)C[C@@H](C)C(=O)N[C@H](C(=O)CS(C)(=O)=O)Cc4ccc(OCCNC(=O)OC(C)(C)C)c(c4)-c4cc3ccc4OCCC)cc2)cc1. The number of fused-ring (bicyclic) bond motifs is 5. The monoisotopic (exact) mass is 1120 g/mol. The molecule has 18 heteroatoms. The van der Waals surface area contributed by atoms with Crippen LogP contribution in [0.1, 0.15) is 140 Å². The largest absolute Gasteiger partial charge is 0.493 e. The number of nitrogens with zero attached hydrogens (tertiary/aromatic N) is 1. The van der Waals surface area contributed by atoms with Gasteiger partial charge in [-0.3, -0.25) is 24.0 Å². The second kappa shape index (κ2) is 28.9. The fourth-order valence-corrected chi connectivity index (χ4v) is 9.95. The van der Waals surface area contributed by atoms with Gasteiger partial charge < -0.3 is 39.8 Å². The molecule has 0 aromatic heterocycles. The molecule has 1 heterocycles. The molecule has 1 aliphatic rings. The third-order valence-electron chi connectivity index (χ3n) is 13.2. The van der Waals surface area contributed by atoms with Crippen molar-refractivity contribution in [2.45, 2.75) is 143 Å². The minimum absolute atomic E-state index is 0.0251. The zero-order chi connectivity index (χ0) is 59.0. The first-order valence-corrected chi connectivity index (χ1v) is 29.7. The summed E-state index contributed by atoms with van der Waals surface area (Å²) in [4.78, 5) is 99.1. The third kappa shape index (κ3) is 19.9. The molecule has 17 nitrogen and oxygen atoms in total. The van der Waals surface area contributed by atoms with Crippen LogP contribution in [-0.4, -0.2) is 117 Å². The number of amides is 4. The molecule has 4 atom stereocenters. The van der Waals surface area contributed by atoms with Crippen LogP contribution in [0, 0.1) is 11.8 Å². The van der Waals surface area contributed by atoms with Crippen molar-refractivity contribution in [3.05, 3.63) is 107 Å². The summed E-state index contributed by atoms with van der Waals surface area (Å²) in [6, 6.07) is 23.0. The van der Waals surface area contributed by atoms with Gasteiger partial charge in [0.25, 0.3) is 0 Å². The lowest BCUT2D eigenvalue weighted by Crippen LogP contribution is -2.47. The number of carbonyl (C=O) groups excluding carboxylic acids is 7. The number of Topliss-reactive ketones (excluding diaryl/α,β-unsaturated/α-hetero) is 3. The Bertz CT molecular complexity index is 2930. The van der Waals surface area contributed by atoms with Crippen LogP contribution in [0.4, 0.5) is 9.59 Å². The number of benzene rings is 4. The maximum Gasteiger partial charge on any atom is 0.407 e. The van der Waals surface area contributed by atoms with Crippen molar-refractivity contribution in [1.82, 2.24) is 20.9 Å². The van der Waals surface area contributed by atoms with Gasteiger partial charge in [0.1, 0.15) is 41.1 Å². The molecule has 4 aromatic carbocycles. The number of rotatable bonds is 23. The number of sulfone groups is 1. The lowest BCUT2D eigenvalue weighted by molar-refractivity contribution is -0.142. The Balaban J connectivity index is 1.59. The average Bonchev–Trinajstić information content (AvgIpc) is 3.38. The van der Waals surface area contributed by atoms with E-state index in [9.17, 15) is 32.4 Å². The van der Waals surface area contributed by atoms with Crippen LogP contribution in [0.3, 0.4) is 0 Å².